The van der Waals surface area contributed by atoms with Gasteiger partial charge < -0.3 is 5.32 Å². The zero-order valence-electron chi connectivity index (χ0n) is 12.2. The zero-order chi connectivity index (χ0) is 15.6. The molecule has 0 radical (unpaired) electrons. The third kappa shape index (κ3) is 3.10. The molecule has 0 aromatic heterocycles. The van der Waals surface area contributed by atoms with Crippen molar-refractivity contribution in [1.82, 2.24) is 5.32 Å². The largest absolute Gasteiger partial charge is 0.359 e. The molecule has 1 aliphatic heterocycles. The van der Waals surface area contributed by atoms with Crippen molar-refractivity contribution in [3.8, 4) is 0 Å². The lowest BCUT2D eigenvalue weighted by Crippen LogP contribution is -2.53. The fourth-order valence-electron chi connectivity index (χ4n) is 2.59. The van der Waals surface area contributed by atoms with E-state index >= 15 is 0 Å². The summed E-state index contributed by atoms with van der Waals surface area (Å²) in [7, 11) is 0. The average Bonchev–Trinajstić information content (AvgIpc) is 2.76. The van der Waals surface area contributed by atoms with Crippen molar-refractivity contribution in [1.29, 1.82) is 0 Å². The summed E-state index contributed by atoms with van der Waals surface area (Å²) in [6.07, 6.45) is 1.43. The van der Waals surface area contributed by atoms with Gasteiger partial charge in [-0.2, -0.15) is 0 Å². The molecule has 0 amide bonds. The molecule has 0 saturated carbocycles. The van der Waals surface area contributed by atoms with Crippen LogP contribution < -0.4 is 5.32 Å². The van der Waals surface area contributed by atoms with Crippen LogP contribution >= 0.6 is 11.8 Å². The Hall–Kier alpha value is -1.43. The van der Waals surface area contributed by atoms with Crippen LogP contribution in [0.3, 0.4) is 0 Å². The molecule has 3 nitrogen and oxygen atoms in total. The van der Waals surface area contributed by atoms with E-state index in [1.807, 2.05) is 20.8 Å². The molecule has 0 aliphatic carbocycles. The molecule has 1 heterocycles. The van der Waals surface area contributed by atoms with E-state index in [1.54, 1.807) is 0 Å². The van der Waals surface area contributed by atoms with Crippen molar-refractivity contribution < 1.29 is 13.6 Å². The van der Waals surface area contributed by atoms with Crippen LogP contribution in [0.4, 0.5) is 8.78 Å². The summed E-state index contributed by atoms with van der Waals surface area (Å²) in [5.74, 6) is -0.732. The van der Waals surface area contributed by atoms with Gasteiger partial charge >= 0.3 is 0 Å². The first-order valence-corrected chi connectivity index (χ1v) is 7.73. The van der Waals surface area contributed by atoms with Gasteiger partial charge in [-0.1, -0.05) is 32.5 Å². The summed E-state index contributed by atoms with van der Waals surface area (Å²) >= 11 is 1.27. The van der Waals surface area contributed by atoms with Crippen molar-refractivity contribution in [2.75, 3.05) is 0 Å². The maximum Gasteiger partial charge on any atom is 0.184 e. The Balaban J connectivity index is 2.34. The standard InChI is InChI=1S/C15H18F2N2OS/c1-4-15(9(2)3)14(18-13(8-20)19-15)21-12-6-10(16)5-11(17)7-12/h5-9,14H,4H2,1-3H3,(H,18,19). The monoisotopic (exact) mass is 312 g/mol. The molecule has 2 atom stereocenters. The molecule has 1 aliphatic rings. The number of carbonyl (C=O) groups excluding carboxylic acids is 1. The van der Waals surface area contributed by atoms with Crippen LogP contribution in [-0.2, 0) is 4.79 Å². The molecule has 0 spiro atoms. The molecular weight excluding hydrogens is 294 g/mol. The first kappa shape index (κ1) is 15.9. The van der Waals surface area contributed by atoms with Crippen LogP contribution in [0, 0.1) is 17.6 Å². The number of rotatable bonds is 5. The fourth-order valence-corrected chi connectivity index (χ4v) is 4.08. The van der Waals surface area contributed by atoms with Crippen molar-refractivity contribution in [2.24, 2.45) is 10.9 Å². The third-order valence-corrected chi connectivity index (χ3v) is 5.13. The molecule has 2 rings (SSSR count). The highest BCUT2D eigenvalue weighted by atomic mass is 32.2. The van der Waals surface area contributed by atoms with Crippen LogP contribution in [0.15, 0.2) is 28.1 Å². The van der Waals surface area contributed by atoms with Crippen molar-refractivity contribution >= 4 is 23.9 Å². The number of benzene rings is 1. The number of halogens is 2. The quantitative estimate of drug-likeness (QED) is 0.847. The highest BCUT2D eigenvalue weighted by Crippen LogP contribution is 2.40. The van der Waals surface area contributed by atoms with Gasteiger partial charge in [0.2, 0.25) is 0 Å². The van der Waals surface area contributed by atoms with E-state index in [2.05, 4.69) is 10.3 Å². The highest BCUT2D eigenvalue weighted by Gasteiger charge is 2.45. The first-order chi connectivity index (χ1) is 9.91. The summed E-state index contributed by atoms with van der Waals surface area (Å²) in [5.41, 5.74) is -0.399. The van der Waals surface area contributed by atoms with Crippen molar-refractivity contribution in [3.05, 3.63) is 29.8 Å². The Labute approximate surface area is 127 Å². The maximum atomic E-state index is 13.3. The minimum absolute atomic E-state index is 0.208. The molecule has 114 valence electrons. The number of aliphatic imine (C=N–C) groups is 1. The molecule has 21 heavy (non-hydrogen) atoms. The minimum atomic E-state index is -0.616. The Morgan fingerprint density at radius 1 is 1.38 bits per heavy atom. The smallest absolute Gasteiger partial charge is 0.184 e. The lowest BCUT2D eigenvalue weighted by molar-refractivity contribution is -0.102. The number of nitrogens with zero attached hydrogens (tertiary/aromatic N) is 1. The van der Waals surface area contributed by atoms with Crippen molar-refractivity contribution in [3.63, 3.8) is 0 Å². The van der Waals surface area contributed by atoms with Gasteiger partial charge in [0.1, 0.15) is 17.0 Å². The summed E-state index contributed by atoms with van der Waals surface area (Å²) < 4.78 is 26.6. The fraction of sp³-hybridized carbons (Fsp3) is 0.467. The molecule has 6 heteroatoms. The van der Waals surface area contributed by atoms with Gasteiger partial charge in [-0.15, -0.1) is 0 Å². The van der Waals surface area contributed by atoms with Crippen LogP contribution in [0.25, 0.3) is 0 Å². The van der Waals surface area contributed by atoms with Crippen molar-refractivity contribution in [2.45, 2.75) is 43.0 Å². The second-order valence-electron chi connectivity index (χ2n) is 5.38. The van der Waals surface area contributed by atoms with E-state index in [4.69, 9.17) is 0 Å². The molecule has 1 aromatic carbocycles. The summed E-state index contributed by atoms with van der Waals surface area (Å²) in [5, 5.41) is 2.87. The topological polar surface area (TPSA) is 41.5 Å². The van der Waals surface area contributed by atoms with Gasteiger partial charge in [-0.25, -0.2) is 13.8 Å². The van der Waals surface area contributed by atoms with E-state index in [1.165, 1.54) is 23.9 Å². The lowest BCUT2D eigenvalue weighted by Gasteiger charge is -2.37. The van der Waals surface area contributed by atoms with Crippen LogP contribution in [0.5, 0.6) is 0 Å². The summed E-state index contributed by atoms with van der Waals surface area (Å²) in [6.45, 7) is 6.09. The molecule has 0 bridgehead atoms. The molecular formula is C15H18F2N2OS. The highest BCUT2D eigenvalue weighted by molar-refractivity contribution is 8.00. The zero-order valence-corrected chi connectivity index (χ0v) is 13.0. The van der Waals surface area contributed by atoms with Crippen LogP contribution in [0.1, 0.15) is 27.2 Å². The van der Waals surface area contributed by atoms with E-state index in [-0.39, 0.29) is 11.3 Å². The van der Waals surface area contributed by atoms with Gasteiger partial charge in [0, 0.05) is 11.0 Å². The lowest BCUT2D eigenvalue weighted by atomic mass is 9.84. The predicted octanol–water partition coefficient (Wildman–Crippen LogP) is 3.39. The molecule has 1 aromatic rings. The van der Waals surface area contributed by atoms with E-state index in [0.29, 0.717) is 17.0 Å². The Morgan fingerprint density at radius 3 is 2.48 bits per heavy atom. The average molecular weight is 312 g/mol. The Morgan fingerprint density at radius 2 is 2.00 bits per heavy atom. The second kappa shape index (κ2) is 6.13. The number of carbonyl (C=O) groups is 1. The minimum Gasteiger partial charge on any atom is -0.359 e. The number of thioether (sulfide) groups is 1. The second-order valence-corrected chi connectivity index (χ2v) is 6.53. The van der Waals surface area contributed by atoms with Crippen LogP contribution in [-0.4, -0.2) is 23.0 Å². The Bertz CT molecular complexity index is 557. The number of hydrogen-bond donors (Lipinski definition) is 1. The van der Waals surface area contributed by atoms with E-state index in [9.17, 15) is 13.6 Å². The van der Waals surface area contributed by atoms with Gasteiger partial charge in [0.15, 0.2) is 12.1 Å². The number of nitrogens with one attached hydrogen (secondary N) is 1. The maximum absolute atomic E-state index is 13.3. The normalized spacial score (nSPS) is 24.9. The summed E-state index contributed by atoms with van der Waals surface area (Å²) in [4.78, 5) is 15.8. The SMILES string of the molecule is CCC1(C(C)C)NC(C=O)=NC1Sc1cc(F)cc(F)c1. The van der Waals surface area contributed by atoms with Gasteiger partial charge in [0.25, 0.3) is 0 Å². The number of aldehydes is 1. The Kier molecular flexibility index (Phi) is 4.66. The molecule has 2 unspecified atom stereocenters. The van der Waals surface area contributed by atoms with Gasteiger partial charge in [-0.05, 0) is 24.5 Å². The first-order valence-electron chi connectivity index (χ1n) is 6.85. The van der Waals surface area contributed by atoms with Gasteiger partial charge in [0.05, 0.1) is 5.54 Å². The van der Waals surface area contributed by atoms with Crippen LogP contribution in [0.2, 0.25) is 0 Å². The third-order valence-electron chi connectivity index (χ3n) is 3.87. The van der Waals surface area contributed by atoms with Gasteiger partial charge in [-0.3, -0.25) is 4.79 Å². The molecule has 1 N–H and O–H groups in total. The van der Waals surface area contributed by atoms with E-state index in [0.717, 1.165) is 12.5 Å². The summed E-state index contributed by atoms with van der Waals surface area (Å²) in [6, 6.07) is 3.40. The van der Waals surface area contributed by atoms with E-state index < -0.39 is 17.2 Å². The molecule has 0 saturated heterocycles. The molecule has 0 fully saturated rings. The number of hydrogen-bond acceptors (Lipinski definition) is 4. The predicted molar refractivity (Wildman–Crippen MR) is 80.5 cm³/mol. The number of amidine groups is 1.